The van der Waals surface area contributed by atoms with Gasteiger partial charge in [0.25, 0.3) is 0 Å². The molecule has 2 aliphatic rings. The van der Waals surface area contributed by atoms with Crippen LogP contribution < -0.4 is 4.90 Å². The van der Waals surface area contributed by atoms with Crippen LogP contribution in [0.5, 0.6) is 0 Å². The minimum atomic E-state index is -0.244. The molecular weight excluding hydrogens is 399 g/mol. The maximum absolute atomic E-state index is 13.1. The van der Waals surface area contributed by atoms with Crippen LogP contribution >= 0.6 is 11.8 Å². The molecule has 2 aliphatic heterocycles. The molecule has 3 heterocycles. The van der Waals surface area contributed by atoms with Crippen molar-refractivity contribution in [3.63, 3.8) is 0 Å². The third-order valence-electron chi connectivity index (χ3n) is 6.18. The lowest BCUT2D eigenvalue weighted by molar-refractivity contribution is -0.129. The van der Waals surface area contributed by atoms with Crippen LogP contribution in [0.25, 0.3) is 0 Å². The van der Waals surface area contributed by atoms with Gasteiger partial charge in [0, 0.05) is 30.6 Å². The number of pyridine rings is 1. The minimum absolute atomic E-state index is 0.134. The number of rotatable bonds is 5. The van der Waals surface area contributed by atoms with Gasteiger partial charge in [-0.25, -0.2) is 9.37 Å². The van der Waals surface area contributed by atoms with Crippen LogP contribution in [-0.2, 0) is 4.79 Å². The van der Waals surface area contributed by atoms with E-state index in [0.717, 1.165) is 17.8 Å². The van der Waals surface area contributed by atoms with Crippen LogP contribution in [0.2, 0.25) is 0 Å². The number of hydrogen-bond donors (Lipinski definition) is 0. The van der Waals surface area contributed by atoms with Gasteiger partial charge in [0.2, 0.25) is 5.91 Å². The fourth-order valence-corrected chi connectivity index (χ4v) is 5.44. The largest absolute Gasteiger partial charge is 0.347 e. The van der Waals surface area contributed by atoms with Crippen LogP contribution in [0.15, 0.2) is 42.6 Å². The van der Waals surface area contributed by atoms with Gasteiger partial charge in [-0.15, -0.1) is 11.8 Å². The fourth-order valence-electron chi connectivity index (χ4n) is 4.51. The Morgan fingerprint density at radius 1 is 1.30 bits per heavy atom. The molecule has 0 N–H and O–H groups in total. The number of nitriles is 1. The van der Waals surface area contributed by atoms with Gasteiger partial charge in [0.1, 0.15) is 17.7 Å². The maximum atomic E-state index is 13.1. The molecule has 156 valence electrons. The van der Waals surface area contributed by atoms with Gasteiger partial charge in [-0.05, 0) is 49.1 Å². The van der Waals surface area contributed by atoms with E-state index >= 15 is 0 Å². The first-order chi connectivity index (χ1) is 14.5. The highest BCUT2D eigenvalue weighted by molar-refractivity contribution is 8.00. The predicted octanol–water partition coefficient (Wildman–Crippen LogP) is 4.01. The van der Waals surface area contributed by atoms with Crippen molar-refractivity contribution < 1.29 is 9.18 Å². The number of hydrogen-bond acceptors (Lipinski definition) is 5. The van der Waals surface area contributed by atoms with Crippen molar-refractivity contribution >= 4 is 23.5 Å². The average Bonchev–Trinajstić information content (AvgIpc) is 2.96. The number of thioether (sulfide) groups is 1. The number of fused-ring (bicyclic) bond motifs is 2. The minimum Gasteiger partial charge on any atom is -0.347 e. The van der Waals surface area contributed by atoms with E-state index in [9.17, 15) is 9.18 Å². The molecule has 2 fully saturated rings. The molecule has 2 bridgehead atoms. The van der Waals surface area contributed by atoms with Crippen LogP contribution in [-0.4, -0.2) is 46.7 Å². The Morgan fingerprint density at radius 2 is 2.07 bits per heavy atom. The summed E-state index contributed by atoms with van der Waals surface area (Å²) in [7, 11) is 0. The normalized spacial score (nSPS) is 23.9. The lowest BCUT2D eigenvalue weighted by Gasteiger charge is -2.42. The first kappa shape index (κ1) is 20.7. The summed E-state index contributed by atoms with van der Waals surface area (Å²) in [5, 5.41) is 9.13. The number of likely N-dealkylation sites (tertiary alicyclic amines) is 1. The Kier molecular flexibility index (Phi) is 5.96. The number of amides is 1. The first-order valence-corrected chi connectivity index (χ1v) is 11.3. The van der Waals surface area contributed by atoms with E-state index in [1.54, 1.807) is 36.2 Å². The SMILES string of the molecule is CC(SCC(=O)N1CC2C[C@@H](C)C(C1)N2c1ccc(C#N)cn1)c1ccc(F)cc1. The average molecular weight is 425 g/mol. The third kappa shape index (κ3) is 4.15. The molecule has 1 aromatic heterocycles. The molecule has 1 aromatic carbocycles. The first-order valence-electron chi connectivity index (χ1n) is 10.3. The number of nitrogens with zero attached hydrogens (tertiary/aromatic N) is 4. The van der Waals surface area contributed by atoms with Crippen molar-refractivity contribution in [2.45, 2.75) is 37.6 Å². The molecule has 4 rings (SSSR count). The molecule has 7 heteroatoms. The molecule has 0 radical (unpaired) electrons. The fraction of sp³-hybridized carbons (Fsp3) is 0.435. The third-order valence-corrected chi connectivity index (χ3v) is 7.37. The predicted molar refractivity (Wildman–Crippen MR) is 117 cm³/mol. The van der Waals surface area contributed by atoms with Gasteiger partial charge < -0.3 is 9.80 Å². The van der Waals surface area contributed by atoms with Crippen molar-refractivity contribution in [3.05, 3.63) is 59.5 Å². The van der Waals surface area contributed by atoms with Crippen LogP contribution in [0.3, 0.4) is 0 Å². The Hall–Kier alpha value is -2.59. The van der Waals surface area contributed by atoms with E-state index in [1.165, 1.54) is 12.1 Å². The summed E-state index contributed by atoms with van der Waals surface area (Å²) in [6.45, 7) is 5.68. The van der Waals surface area contributed by atoms with E-state index in [0.29, 0.717) is 30.3 Å². The standard InChI is InChI=1S/C23H25FN4OS/c1-15-9-20-12-27(13-21(15)28(20)22-8-3-17(10-25)11-26-22)23(29)14-30-16(2)18-4-6-19(24)7-5-18/h3-8,11,15-16,20-21H,9,12-14H2,1-2H3/t15-,16?,20?,21?/m1/s1. The number of halogens is 1. The molecular formula is C23H25FN4OS. The van der Waals surface area contributed by atoms with Crippen LogP contribution in [0, 0.1) is 23.1 Å². The zero-order chi connectivity index (χ0) is 21.3. The van der Waals surface area contributed by atoms with Gasteiger partial charge in [0.05, 0.1) is 17.4 Å². The highest BCUT2D eigenvalue weighted by Gasteiger charge is 2.45. The Labute approximate surface area is 180 Å². The van der Waals surface area contributed by atoms with E-state index in [-0.39, 0.29) is 29.1 Å². The summed E-state index contributed by atoms with van der Waals surface area (Å²) < 4.78 is 13.1. The lowest BCUT2D eigenvalue weighted by Crippen LogP contribution is -2.56. The number of piperazine rings is 1. The number of anilines is 1. The highest BCUT2D eigenvalue weighted by Crippen LogP contribution is 2.38. The molecule has 1 amide bonds. The summed E-state index contributed by atoms with van der Waals surface area (Å²) >= 11 is 1.59. The number of benzene rings is 1. The molecule has 4 atom stereocenters. The van der Waals surface area contributed by atoms with Gasteiger partial charge in [-0.1, -0.05) is 19.1 Å². The quantitative estimate of drug-likeness (QED) is 0.726. The molecule has 2 saturated heterocycles. The van der Waals surface area contributed by atoms with E-state index in [2.05, 4.69) is 22.9 Å². The number of carbonyl (C=O) groups is 1. The van der Waals surface area contributed by atoms with E-state index in [4.69, 9.17) is 5.26 Å². The second-order valence-corrected chi connectivity index (χ2v) is 9.49. The van der Waals surface area contributed by atoms with Crippen molar-refractivity contribution in [3.8, 4) is 6.07 Å². The van der Waals surface area contributed by atoms with Gasteiger partial charge in [-0.2, -0.15) is 5.26 Å². The van der Waals surface area contributed by atoms with E-state index in [1.807, 2.05) is 17.9 Å². The summed E-state index contributed by atoms with van der Waals surface area (Å²) in [4.78, 5) is 21.7. The van der Waals surface area contributed by atoms with Gasteiger partial charge >= 0.3 is 0 Å². The molecule has 2 aromatic rings. The molecule has 0 saturated carbocycles. The van der Waals surface area contributed by atoms with Crippen molar-refractivity contribution in [1.29, 1.82) is 5.26 Å². The van der Waals surface area contributed by atoms with Gasteiger partial charge in [0.15, 0.2) is 0 Å². The molecule has 30 heavy (non-hydrogen) atoms. The van der Waals surface area contributed by atoms with Crippen LogP contribution in [0.1, 0.15) is 36.6 Å². The maximum Gasteiger partial charge on any atom is 0.232 e. The molecule has 3 unspecified atom stereocenters. The monoisotopic (exact) mass is 424 g/mol. The second-order valence-electron chi connectivity index (χ2n) is 8.16. The Morgan fingerprint density at radius 3 is 2.70 bits per heavy atom. The zero-order valence-electron chi connectivity index (χ0n) is 17.2. The molecule has 5 nitrogen and oxygen atoms in total. The lowest BCUT2D eigenvalue weighted by atomic mass is 10.0. The molecule has 0 spiro atoms. The summed E-state index contributed by atoms with van der Waals surface area (Å²) in [6, 6.07) is 12.8. The summed E-state index contributed by atoms with van der Waals surface area (Å²) in [5.74, 6) is 1.70. The van der Waals surface area contributed by atoms with E-state index < -0.39 is 0 Å². The Bertz CT molecular complexity index is 943. The smallest absolute Gasteiger partial charge is 0.232 e. The topological polar surface area (TPSA) is 60.2 Å². The van der Waals surface area contributed by atoms with Crippen molar-refractivity contribution in [2.75, 3.05) is 23.7 Å². The summed E-state index contributed by atoms with van der Waals surface area (Å²) in [6.07, 6.45) is 2.65. The Balaban J connectivity index is 1.38. The van der Waals surface area contributed by atoms with Crippen molar-refractivity contribution in [1.82, 2.24) is 9.88 Å². The summed E-state index contributed by atoms with van der Waals surface area (Å²) in [5.41, 5.74) is 1.58. The number of aromatic nitrogens is 1. The van der Waals surface area contributed by atoms with Gasteiger partial charge in [-0.3, -0.25) is 4.79 Å². The second kappa shape index (κ2) is 8.65. The zero-order valence-corrected chi connectivity index (χ0v) is 18.0. The molecule has 0 aliphatic carbocycles. The highest BCUT2D eigenvalue weighted by atomic mass is 32.2. The van der Waals surface area contributed by atoms with Crippen molar-refractivity contribution in [2.24, 2.45) is 5.92 Å². The number of carbonyl (C=O) groups excluding carboxylic acids is 1. The van der Waals surface area contributed by atoms with Crippen LogP contribution in [0.4, 0.5) is 10.2 Å².